The number of carboxylic acids is 1. The van der Waals surface area contributed by atoms with Crippen LogP contribution in [-0.4, -0.2) is 25.6 Å². The summed E-state index contributed by atoms with van der Waals surface area (Å²) in [7, 11) is 1.79. The Morgan fingerprint density at radius 1 is 1.20 bits per heavy atom. The molecule has 0 aliphatic rings. The minimum absolute atomic E-state index is 0.236. The van der Waals surface area contributed by atoms with Crippen molar-refractivity contribution in [1.82, 2.24) is 14.5 Å². The molecule has 5 heteroatoms. The lowest BCUT2D eigenvalue weighted by Gasteiger charge is -2.04. The number of rotatable bonds is 2. The van der Waals surface area contributed by atoms with Crippen LogP contribution in [0.2, 0.25) is 0 Å². The van der Waals surface area contributed by atoms with Crippen LogP contribution in [0.25, 0.3) is 22.4 Å². The van der Waals surface area contributed by atoms with Gasteiger partial charge in [-0.2, -0.15) is 0 Å². The summed E-state index contributed by atoms with van der Waals surface area (Å²) in [6, 6.07) is 9.64. The van der Waals surface area contributed by atoms with Crippen molar-refractivity contribution >= 4 is 17.0 Å². The molecule has 2 aromatic heterocycles. The Kier molecular flexibility index (Phi) is 2.75. The Balaban J connectivity index is 2.31. The molecule has 0 radical (unpaired) electrons. The van der Waals surface area contributed by atoms with Crippen LogP contribution in [0.4, 0.5) is 0 Å². The molecular formula is C15H13N3O2. The van der Waals surface area contributed by atoms with Crippen LogP contribution in [0, 0.1) is 6.92 Å². The summed E-state index contributed by atoms with van der Waals surface area (Å²) in [5.74, 6) is -0.358. The van der Waals surface area contributed by atoms with Crippen molar-refractivity contribution in [3.8, 4) is 11.4 Å². The molecule has 20 heavy (non-hydrogen) atoms. The van der Waals surface area contributed by atoms with E-state index in [4.69, 9.17) is 0 Å². The molecule has 1 aromatic carbocycles. The van der Waals surface area contributed by atoms with E-state index in [9.17, 15) is 9.90 Å². The molecule has 0 spiro atoms. The number of hydrogen-bond donors (Lipinski definition) is 1. The number of aromatic nitrogens is 3. The van der Waals surface area contributed by atoms with Gasteiger partial charge in [0.25, 0.3) is 0 Å². The molecule has 0 bridgehead atoms. The topological polar surface area (TPSA) is 68.0 Å². The van der Waals surface area contributed by atoms with Gasteiger partial charge in [0.1, 0.15) is 5.65 Å². The molecule has 100 valence electrons. The van der Waals surface area contributed by atoms with Gasteiger partial charge in [0, 0.05) is 18.8 Å². The third-order valence-corrected chi connectivity index (χ3v) is 3.26. The Bertz CT molecular complexity index is 807. The average molecular weight is 267 g/mol. The molecule has 1 N–H and O–H groups in total. The Morgan fingerprint density at radius 3 is 2.55 bits per heavy atom. The highest BCUT2D eigenvalue weighted by atomic mass is 16.4. The number of benzene rings is 1. The van der Waals surface area contributed by atoms with Crippen molar-refractivity contribution in [2.24, 2.45) is 7.05 Å². The van der Waals surface area contributed by atoms with E-state index in [0.29, 0.717) is 22.6 Å². The molecule has 0 unspecified atom stereocenters. The number of fused-ring (bicyclic) bond motifs is 1. The molecule has 5 nitrogen and oxygen atoms in total. The van der Waals surface area contributed by atoms with Gasteiger partial charge in [-0.05, 0) is 6.92 Å². The summed E-state index contributed by atoms with van der Waals surface area (Å²) in [4.78, 5) is 20.2. The monoisotopic (exact) mass is 267 g/mol. The van der Waals surface area contributed by atoms with E-state index in [2.05, 4.69) is 9.97 Å². The minimum Gasteiger partial charge on any atom is -0.478 e. The van der Waals surface area contributed by atoms with Crippen molar-refractivity contribution in [3.63, 3.8) is 0 Å². The van der Waals surface area contributed by atoms with Gasteiger partial charge in [0.05, 0.1) is 16.6 Å². The van der Waals surface area contributed by atoms with Gasteiger partial charge in [0.15, 0.2) is 5.82 Å². The molecule has 0 saturated carbocycles. The fraction of sp³-hybridized carbons (Fsp3) is 0.133. The third kappa shape index (κ3) is 1.84. The van der Waals surface area contributed by atoms with Gasteiger partial charge in [-0.1, -0.05) is 30.3 Å². The summed E-state index contributed by atoms with van der Waals surface area (Å²) in [5.41, 5.74) is 2.45. The van der Waals surface area contributed by atoms with Crippen LogP contribution in [0.15, 0.2) is 36.5 Å². The molecule has 2 heterocycles. The summed E-state index contributed by atoms with van der Waals surface area (Å²) in [6.07, 6.45) is 1.57. The summed E-state index contributed by atoms with van der Waals surface area (Å²) in [5, 5.41) is 9.83. The van der Waals surface area contributed by atoms with Crippen LogP contribution in [0.3, 0.4) is 0 Å². The lowest BCUT2D eigenvalue weighted by atomic mass is 10.1. The van der Waals surface area contributed by atoms with Crippen LogP contribution in [0.1, 0.15) is 16.1 Å². The number of hydrogen-bond acceptors (Lipinski definition) is 3. The number of nitrogens with zero attached hydrogens (tertiary/aromatic N) is 3. The Labute approximate surface area is 115 Å². The van der Waals surface area contributed by atoms with Crippen molar-refractivity contribution in [2.45, 2.75) is 6.92 Å². The predicted octanol–water partition coefficient (Wildman–Crippen LogP) is 2.64. The van der Waals surface area contributed by atoms with E-state index in [1.165, 1.54) is 0 Å². The molecular weight excluding hydrogens is 254 g/mol. The first-order chi connectivity index (χ1) is 9.58. The van der Waals surface area contributed by atoms with Crippen LogP contribution in [-0.2, 0) is 7.05 Å². The molecule has 3 rings (SSSR count). The van der Waals surface area contributed by atoms with Crippen molar-refractivity contribution in [1.29, 1.82) is 0 Å². The second kappa shape index (κ2) is 4.45. The van der Waals surface area contributed by atoms with Crippen LogP contribution in [0.5, 0.6) is 0 Å². The van der Waals surface area contributed by atoms with Gasteiger partial charge < -0.3 is 9.67 Å². The van der Waals surface area contributed by atoms with E-state index >= 15 is 0 Å². The van der Waals surface area contributed by atoms with Gasteiger partial charge >= 0.3 is 5.97 Å². The third-order valence-electron chi connectivity index (χ3n) is 3.26. The van der Waals surface area contributed by atoms with Crippen LogP contribution < -0.4 is 0 Å². The highest BCUT2D eigenvalue weighted by Crippen LogP contribution is 2.25. The van der Waals surface area contributed by atoms with Crippen molar-refractivity contribution in [2.75, 3.05) is 0 Å². The Morgan fingerprint density at radius 2 is 1.90 bits per heavy atom. The lowest BCUT2D eigenvalue weighted by molar-refractivity contribution is 0.0698. The smallest absolute Gasteiger partial charge is 0.338 e. The van der Waals surface area contributed by atoms with Gasteiger partial charge in [-0.15, -0.1) is 0 Å². The first-order valence-corrected chi connectivity index (χ1v) is 6.20. The second-order valence-electron chi connectivity index (χ2n) is 4.66. The molecule has 0 aliphatic carbocycles. The largest absolute Gasteiger partial charge is 0.478 e. The number of aromatic carboxylic acids is 1. The summed E-state index contributed by atoms with van der Waals surface area (Å²) in [6.45, 7) is 1.81. The zero-order chi connectivity index (χ0) is 14.3. The summed E-state index contributed by atoms with van der Waals surface area (Å²) < 4.78 is 1.72. The molecule has 0 atom stereocenters. The van der Waals surface area contributed by atoms with E-state index in [1.807, 2.05) is 37.3 Å². The van der Waals surface area contributed by atoms with Gasteiger partial charge in [-0.3, -0.25) is 0 Å². The maximum atomic E-state index is 11.3. The quantitative estimate of drug-likeness (QED) is 0.775. The standard InChI is InChI=1S/C15H13N3O2/c1-9-12-11(15(19)20)8-18(2)14(12)17-13(16-9)10-6-4-3-5-7-10/h3-8H,1-2H3,(H,19,20). The number of carbonyl (C=O) groups is 1. The van der Waals surface area contributed by atoms with Gasteiger partial charge in [0.2, 0.25) is 0 Å². The van der Waals surface area contributed by atoms with E-state index in [0.717, 1.165) is 5.56 Å². The van der Waals surface area contributed by atoms with Crippen LogP contribution >= 0.6 is 0 Å². The highest BCUT2D eigenvalue weighted by molar-refractivity contribution is 6.03. The maximum Gasteiger partial charge on any atom is 0.338 e. The SMILES string of the molecule is Cc1nc(-c2ccccc2)nc2c1c(C(=O)O)cn2C. The number of aryl methyl sites for hydroxylation is 2. The fourth-order valence-electron chi connectivity index (χ4n) is 2.33. The van der Waals surface area contributed by atoms with E-state index in [-0.39, 0.29) is 5.56 Å². The lowest BCUT2D eigenvalue weighted by Crippen LogP contribution is -1.98. The predicted molar refractivity (Wildman–Crippen MR) is 75.6 cm³/mol. The molecule has 0 aliphatic heterocycles. The zero-order valence-corrected chi connectivity index (χ0v) is 11.2. The molecule has 0 fully saturated rings. The maximum absolute atomic E-state index is 11.3. The first-order valence-electron chi connectivity index (χ1n) is 6.20. The molecule has 3 aromatic rings. The second-order valence-corrected chi connectivity index (χ2v) is 4.66. The minimum atomic E-state index is -0.963. The normalized spacial score (nSPS) is 10.9. The van der Waals surface area contributed by atoms with Crippen molar-refractivity contribution < 1.29 is 9.90 Å². The van der Waals surface area contributed by atoms with E-state index in [1.54, 1.807) is 17.8 Å². The van der Waals surface area contributed by atoms with Crippen molar-refractivity contribution in [3.05, 3.63) is 47.8 Å². The van der Waals surface area contributed by atoms with E-state index < -0.39 is 5.97 Å². The molecule has 0 saturated heterocycles. The number of carboxylic acid groups (broad SMARTS) is 1. The first kappa shape index (κ1) is 12.3. The summed E-state index contributed by atoms with van der Waals surface area (Å²) >= 11 is 0. The highest BCUT2D eigenvalue weighted by Gasteiger charge is 2.18. The van der Waals surface area contributed by atoms with Gasteiger partial charge in [-0.25, -0.2) is 14.8 Å². The Hall–Kier alpha value is -2.69. The average Bonchev–Trinajstić information content (AvgIpc) is 2.78. The molecule has 0 amide bonds. The zero-order valence-electron chi connectivity index (χ0n) is 11.2. The fourth-order valence-corrected chi connectivity index (χ4v) is 2.33.